The summed E-state index contributed by atoms with van der Waals surface area (Å²) < 4.78 is 10.7. The molecule has 4 heteroatoms. The molecule has 0 aliphatic carbocycles. The number of ether oxygens (including phenoxy) is 2. The fraction of sp³-hybridized carbons (Fsp3) is 1.00. The van der Waals surface area contributed by atoms with E-state index >= 15 is 0 Å². The van der Waals surface area contributed by atoms with Crippen LogP contribution in [0.2, 0.25) is 0 Å². The van der Waals surface area contributed by atoms with Gasteiger partial charge >= 0.3 is 0 Å². The lowest BCUT2D eigenvalue weighted by atomic mass is 10.0. The van der Waals surface area contributed by atoms with E-state index in [2.05, 4.69) is 24.2 Å². The third kappa shape index (κ3) is 4.37. The van der Waals surface area contributed by atoms with Crippen LogP contribution in [-0.2, 0) is 9.47 Å². The minimum atomic E-state index is 0.482. The molecular weight excluding hydrogens is 204 g/mol. The summed E-state index contributed by atoms with van der Waals surface area (Å²) in [5.41, 5.74) is 0. The fourth-order valence-electron chi connectivity index (χ4n) is 2.13. The van der Waals surface area contributed by atoms with Crippen molar-refractivity contribution >= 4 is 0 Å². The normalized spacial score (nSPS) is 26.2. The van der Waals surface area contributed by atoms with Gasteiger partial charge in [0.2, 0.25) is 0 Å². The molecule has 2 unspecified atom stereocenters. The Morgan fingerprint density at radius 3 is 3.00 bits per heavy atom. The van der Waals surface area contributed by atoms with Crippen LogP contribution < -0.4 is 5.32 Å². The maximum Gasteiger partial charge on any atom is 0.0636 e. The summed E-state index contributed by atoms with van der Waals surface area (Å²) in [5.74, 6) is 0. The lowest BCUT2D eigenvalue weighted by Crippen LogP contribution is -2.54. The molecule has 0 aromatic heterocycles. The van der Waals surface area contributed by atoms with E-state index < -0.39 is 0 Å². The highest BCUT2D eigenvalue weighted by molar-refractivity contribution is 4.86. The fourth-order valence-corrected chi connectivity index (χ4v) is 2.13. The molecule has 0 aromatic carbocycles. The number of nitrogens with zero attached hydrogens (tertiary/aromatic N) is 1. The third-order valence-corrected chi connectivity index (χ3v) is 3.20. The van der Waals surface area contributed by atoms with Crippen LogP contribution in [0, 0.1) is 0 Å². The number of methoxy groups -OCH3 is 1. The Bertz CT molecular complexity index is 178. The maximum absolute atomic E-state index is 5.57. The first-order valence-electron chi connectivity index (χ1n) is 6.30. The summed E-state index contributed by atoms with van der Waals surface area (Å²) in [7, 11) is 3.90. The zero-order valence-electron chi connectivity index (χ0n) is 10.9. The highest BCUT2D eigenvalue weighted by Crippen LogP contribution is 2.13. The van der Waals surface area contributed by atoms with E-state index in [4.69, 9.17) is 9.47 Å². The van der Waals surface area contributed by atoms with Crippen molar-refractivity contribution in [3.05, 3.63) is 0 Å². The molecular formula is C12H26N2O2. The molecule has 0 radical (unpaired) electrons. The molecule has 1 aliphatic heterocycles. The lowest BCUT2D eigenvalue weighted by molar-refractivity contribution is -0.000483. The molecule has 1 aliphatic rings. The van der Waals surface area contributed by atoms with Gasteiger partial charge in [0.05, 0.1) is 13.2 Å². The van der Waals surface area contributed by atoms with E-state index in [0.29, 0.717) is 12.1 Å². The topological polar surface area (TPSA) is 33.7 Å². The summed E-state index contributed by atoms with van der Waals surface area (Å²) in [6.45, 7) is 6.77. The van der Waals surface area contributed by atoms with Crippen LogP contribution in [0.4, 0.5) is 0 Å². The predicted molar refractivity (Wildman–Crippen MR) is 65.8 cm³/mol. The number of hydrogen-bond donors (Lipinski definition) is 1. The first-order chi connectivity index (χ1) is 7.79. The quantitative estimate of drug-likeness (QED) is 0.699. The first kappa shape index (κ1) is 13.9. The second-order valence-electron chi connectivity index (χ2n) is 4.46. The van der Waals surface area contributed by atoms with Crippen molar-refractivity contribution in [2.24, 2.45) is 0 Å². The van der Waals surface area contributed by atoms with Crippen LogP contribution in [0.1, 0.15) is 19.8 Å². The van der Waals surface area contributed by atoms with Gasteiger partial charge in [0, 0.05) is 32.3 Å². The Balaban J connectivity index is 2.38. The van der Waals surface area contributed by atoms with Crippen LogP contribution in [0.5, 0.6) is 0 Å². The minimum Gasteiger partial charge on any atom is -0.383 e. The molecule has 2 atom stereocenters. The van der Waals surface area contributed by atoms with Crippen molar-refractivity contribution < 1.29 is 9.47 Å². The van der Waals surface area contributed by atoms with Crippen LogP contribution in [0.15, 0.2) is 0 Å². The van der Waals surface area contributed by atoms with E-state index in [9.17, 15) is 0 Å². The molecule has 0 aromatic rings. The van der Waals surface area contributed by atoms with E-state index in [0.717, 1.165) is 39.3 Å². The Labute approximate surface area is 99.3 Å². The van der Waals surface area contributed by atoms with Gasteiger partial charge in [-0.1, -0.05) is 6.92 Å². The van der Waals surface area contributed by atoms with Crippen LogP contribution in [-0.4, -0.2) is 64.1 Å². The molecule has 96 valence electrons. The summed E-state index contributed by atoms with van der Waals surface area (Å²) in [6.07, 6.45) is 2.30. The molecule has 0 saturated carbocycles. The predicted octanol–water partition coefficient (Wildman–Crippen LogP) is 0.722. The molecule has 1 saturated heterocycles. The van der Waals surface area contributed by atoms with Gasteiger partial charge in [-0.05, 0) is 26.4 Å². The summed E-state index contributed by atoms with van der Waals surface area (Å²) >= 11 is 0. The third-order valence-electron chi connectivity index (χ3n) is 3.20. The van der Waals surface area contributed by atoms with Gasteiger partial charge in [-0.2, -0.15) is 0 Å². The van der Waals surface area contributed by atoms with Gasteiger partial charge in [-0.25, -0.2) is 0 Å². The molecule has 0 spiro atoms. The van der Waals surface area contributed by atoms with Gasteiger partial charge in [0.15, 0.2) is 0 Å². The molecule has 16 heavy (non-hydrogen) atoms. The molecule has 4 nitrogen and oxygen atoms in total. The molecule has 1 heterocycles. The van der Waals surface area contributed by atoms with Gasteiger partial charge in [0.1, 0.15) is 0 Å². The van der Waals surface area contributed by atoms with E-state index in [1.54, 1.807) is 7.11 Å². The lowest BCUT2D eigenvalue weighted by Gasteiger charge is -2.38. The van der Waals surface area contributed by atoms with Crippen molar-refractivity contribution in [2.75, 3.05) is 47.1 Å². The van der Waals surface area contributed by atoms with Gasteiger partial charge in [-0.3, -0.25) is 4.90 Å². The highest BCUT2D eigenvalue weighted by Gasteiger charge is 2.28. The zero-order valence-corrected chi connectivity index (χ0v) is 10.9. The monoisotopic (exact) mass is 230 g/mol. The first-order valence-corrected chi connectivity index (χ1v) is 6.30. The average Bonchev–Trinajstić information content (AvgIpc) is 2.33. The number of nitrogens with one attached hydrogen (secondary N) is 1. The second kappa shape index (κ2) is 8.01. The van der Waals surface area contributed by atoms with Crippen LogP contribution >= 0.6 is 0 Å². The minimum absolute atomic E-state index is 0.482. The van der Waals surface area contributed by atoms with Crippen molar-refractivity contribution in [2.45, 2.75) is 31.8 Å². The highest BCUT2D eigenvalue weighted by atomic mass is 16.5. The van der Waals surface area contributed by atoms with Crippen LogP contribution in [0.3, 0.4) is 0 Å². The largest absolute Gasteiger partial charge is 0.383 e. The molecule has 1 fully saturated rings. The maximum atomic E-state index is 5.57. The SMILES string of the molecule is CCCNC1CCOCC1N(C)CCOC. The van der Waals surface area contributed by atoms with Crippen molar-refractivity contribution in [1.82, 2.24) is 10.2 Å². The Hall–Kier alpha value is -0.160. The zero-order chi connectivity index (χ0) is 11.8. The van der Waals surface area contributed by atoms with Gasteiger partial charge < -0.3 is 14.8 Å². The molecule has 1 rings (SSSR count). The Morgan fingerprint density at radius 1 is 1.50 bits per heavy atom. The Kier molecular flexibility index (Phi) is 6.96. The number of rotatable bonds is 7. The van der Waals surface area contributed by atoms with E-state index in [1.807, 2.05) is 0 Å². The van der Waals surface area contributed by atoms with Crippen molar-refractivity contribution in [3.8, 4) is 0 Å². The van der Waals surface area contributed by atoms with Gasteiger partial charge in [0.25, 0.3) is 0 Å². The second-order valence-corrected chi connectivity index (χ2v) is 4.46. The van der Waals surface area contributed by atoms with Crippen molar-refractivity contribution in [1.29, 1.82) is 0 Å². The van der Waals surface area contributed by atoms with Crippen molar-refractivity contribution in [3.63, 3.8) is 0 Å². The number of hydrogen-bond acceptors (Lipinski definition) is 4. The summed E-state index contributed by atoms with van der Waals surface area (Å²) in [4.78, 5) is 2.34. The molecule has 0 amide bonds. The van der Waals surface area contributed by atoms with E-state index in [1.165, 1.54) is 6.42 Å². The van der Waals surface area contributed by atoms with Gasteiger partial charge in [-0.15, -0.1) is 0 Å². The Morgan fingerprint density at radius 2 is 2.31 bits per heavy atom. The summed E-state index contributed by atoms with van der Waals surface area (Å²) in [6, 6.07) is 1.05. The summed E-state index contributed by atoms with van der Waals surface area (Å²) in [5, 5.41) is 3.62. The number of likely N-dealkylation sites (N-methyl/N-ethyl adjacent to an activating group) is 1. The molecule has 0 bridgehead atoms. The standard InChI is InChI=1S/C12H26N2O2/c1-4-6-13-11-5-8-16-10-12(11)14(2)7-9-15-3/h11-13H,4-10H2,1-3H3. The van der Waals surface area contributed by atoms with Crippen LogP contribution in [0.25, 0.3) is 0 Å². The smallest absolute Gasteiger partial charge is 0.0636 e. The van der Waals surface area contributed by atoms with E-state index in [-0.39, 0.29) is 0 Å². The molecule has 1 N–H and O–H groups in total. The average molecular weight is 230 g/mol.